The number of halogens is 1. The molecule has 2 rings (SSSR count). The quantitative estimate of drug-likeness (QED) is 0.915. The molecule has 19 heavy (non-hydrogen) atoms. The second-order valence-corrected chi connectivity index (χ2v) is 4.71. The van der Waals surface area contributed by atoms with E-state index in [1.54, 1.807) is 13.3 Å². The number of nitrogens with zero attached hydrogens (tertiary/aromatic N) is 2. The Bertz CT molecular complexity index is 553. The van der Waals surface area contributed by atoms with Crippen LogP contribution < -0.4 is 10.1 Å². The van der Waals surface area contributed by atoms with E-state index in [0.717, 1.165) is 23.7 Å². The summed E-state index contributed by atoms with van der Waals surface area (Å²) in [6.45, 7) is 2.90. The summed E-state index contributed by atoms with van der Waals surface area (Å²) in [6.07, 6.45) is 3.73. The van der Waals surface area contributed by atoms with Gasteiger partial charge in [-0.05, 0) is 18.7 Å². The van der Waals surface area contributed by atoms with Crippen LogP contribution in [0.15, 0.2) is 30.6 Å². The van der Waals surface area contributed by atoms with Gasteiger partial charge in [0.25, 0.3) is 0 Å². The largest absolute Gasteiger partial charge is 0.496 e. The third kappa shape index (κ3) is 2.91. The van der Waals surface area contributed by atoms with Gasteiger partial charge >= 0.3 is 0 Å². The maximum Gasteiger partial charge on any atom is 0.130 e. The summed E-state index contributed by atoms with van der Waals surface area (Å²) >= 11 is 6.01. The lowest BCUT2D eigenvalue weighted by Crippen LogP contribution is -2.25. The highest BCUT2D eigenvalue weighted by molar-refractivity contribution is 6.30. The molecule has 0 saturated carbocycles. The summed E-state index contributed by atoms with van der Waals surface area (Å²) in [5, 5.41) is 4.09. The van der Waals surface area contributed by atoms with Gasteiger partial charge in [-0.2, -0.15) is 0 Å². The van der Waals surface area contributed by atoms with E-state index in [9.17, 15) is 0 Å². The number of imidazole rings is 1. The van der Waals surface area contributed by atoms with Crippen LogP contribution in [0.1, 0.15) is 24.4 Å². The standard InChI is InChI=1S/C14H18ClN3O/c1-4-16-13(14-17-7-8-18(14)2)11-6-5-10(15)9-12(11)19-3/h5-9,13,16H,4H2,1-3H3. The highest BCUT2D eigenvalue weighted by Crippen LogP contribution is 2.31. The van der Waals surface area contributed by atoms with Crippen LogP contribution in [0.2, 0.25) is 5.02 Å². The smallest absolute Gasteiger partial charge is 0.130 e. The summed E-state index contributed by atoms with van der Waals surface area (Å²) in [6, 6.07) is 5.65. The second-order valence-electron chi connectivity index (χ2n) is 4.27. The molecule has 0 aliphatic heterocycles. The van der Waals surface area contributed by atoms with Crippen LogP contribution >= 0.6 is 11.6 Å². The molecule has 0 saturated heterocycles. The number of aryl methyl sites for hydroxylation is 1. The SMILES string of the molecule is CCNC(c1ccc(Cl)cc1OC)c1nccn1C. The van der Waals surface area contributed by atoms with E-state index in [0.29, 0.717) is 5.02 Å². The first-order valence-corrected chi connectivity index (χ1v) is 6.59. The van der Waals surface area contributed by atoms with Gasteiger partial charge in [0, 0.05) is 30.0 Å². The third-order valence-electron chi connectivity index (χ3n) is 3.03. The molecule has 1 aromatic heterocycles. The topological polar surface area (TPSA) is 39.1 Å². The molecule has 1 atom stereocenters. The average Bonchev–Trinajstić information content (AvgIpc) is 2.82. The van der Waals surface area contributed by atoms with Crippen molar-refractivity contribution in [2.24, 2.45) is 7.05 Å². The minimum Gasteiger partial charge on any atom is -0.496 e. The maximum absolute atomic E-state index is 6.01. The molecule has 0 spiro atoms. The maximum atomic E-state index is 6.01. The fourth-order valence-electron chi connectivity index (χ4n) is 2.12. The summed E-state index contributed by atoms with van der Waals surface area (Å²) < 4.78 is 7.43. The zero-order valence-electron chi connectivity index (χ0n) is 11.4. The minimum absolute atomic E-state index is 0.0165. The van der Waals surface area contributed by atoms with Crippen molar-refractivity contribution in [3.63, 3.8) is 0 Å². The Balaban J connectivity index is 2.48. The van der Waals surface area contributed by atoms with Gasteiger partial charge in [-0.1, -0.05) is 24.6 Å². The van der Waals surface area contributed by atoms with Crippen molar-refractivity contribution in [3.05, 3.63) is 47.0 Å². The van der Waals surface area contributed by atoms with E-state index in [-0.39, 0.29) is 6.04 Å². The van der Waals surface area contributed by atoms with Crippen LogP contribution in [0, 0.1) is 0 Å². The molecule has 1 unspecified atom stereocenters. The third-order valence-corrected chi connectivity index (χ3v) is 3.27. The number of benzene rings is 1. The van der Waals surface area contributed by atoms with E-state index in [1.807, 2.05) is 36.0 Å². The molecule has 102 valence electrons. The van der Waals surface area contributed by atoms with Gasteiger partial charge < -0.3 is 14.6 Å². The van der Waals surface area contributed by atoms with Crippen LogP contribution in [0.25, 0.3) is 0 Å². The molecular weight excluding hydrogens is 262 g/mol. The van der Waals surface area contributed by atoms with Crippen LogP contribution in [0.5, 0.6) is 5.75 Å². The molecular formula is C14H18ClN3O. The molecule has 1 aromatic carbocycles. The summed E-state index contributed by atoms with van der Waals surface area (Å²) in [5.74, 6) is 1.71. The molecule has 2 aromatic rings. The predicted molar refractivity (Wildman–Crippen MR) is 76.7 cm³/mol. The first-order valence-electron chi connectivity index (χ1n) is 6.21. The van der Waals surface area contributed by atoms with Crippen LogP contribution in [0.4, 0.5) is 0 Å². The normalized spacial score (nSPS) is 12.4. The first-order chi connectivity index (χ1) is 9.17. The van der Waals surface area contributed by atoms with E-state index >= 15 is 0 Å². The number of methoxy groups -OCH3 is 1. The second kappa shape index (κ2) is 6.08. The zero-order valence-corrected chi connectivity index (χ0v) is 12.1. The van der Waals surface area contributed by atoms with Crippen molar-refractivity contribution in [1.82, 2.24) is 14.9 Å². The highest BCUT2D eigenvalue weighted by Gasteiger charge is 2.21. The van der Waals surface area contributed by atoms with Crippen LogP contribution in [-0.2, 0) is 7.05 Å². The fourth-order valence-corrected chi connectivity index (χ4v) is 2.29. The Labute approximate surface area is 118 Å². The lowest BCUT2D eigenvalue weighted by atomic mass is 10.0. The Hall–Kier alpha value is -1.52. The molecule has 1 heterocycles. The molecule has 0 bridgehead atoms. The highest BCUT2D eigenvalue weighted by atomic mass is 35.5. The molecule has 0 aliphatic carbocycles. The first kappa shape index (κ1) is 13.9. The molecule has 1 N–H and O–H groups in total. The van der Waals surface area contributed by atoms with Gasteiger partial charge in [-0.15, -0.1) is 0 Å². The van der Waals surface area contributed by atoms with Gasteiger partial charge in [0.15, 0.2) is 0 Å². The van der Waals surface area contributed by atoms with Gasteiger partial charge in [0.2, 0.25) is 0 Å². The van der Waals surface area contributed by atoms with E-state index < -0.39 is 0 Å². The van der Waals surface area contributed by atoms with Crippen LogP contribution in [-0.4, -0.2) is 23.2 Å². The van der Waals surface area contributed by atoms with Gasteiger partial charge in [-0.3, -0.25) is 0 Å². The number of aromatic nitrogens is 2. The van der Waals surface area contributed by atoms with E-state index in [2.05, 4.69) is 17.2 Å². The molecule has 0 radical (unpaired) electrons. The number of hydrogen-bond acceptors (Lipinski definition) is 3. The Morgan fingerprint density at radius 2 is 2.26 bits per heavy atom. The number of ether oxygens (including phenoxy) is 1. The minimum atomic E-state index is -0.0165. The lowest BCUT2D eigenvalue weighted by Gasteiger charge is -2.20. The van der Waals surface area contributed by atoms with Gasteiger partial charge in [0.1, 0.15) is 11.6 Å². The van der Waals surface area contributed by atoms with Crippen molar-refractivity contribution < 1.29 is 4.74 Å². The summed E-state index contributed by atoms with van der Waals surface area (Å²) in [7, 11) is 3.63. The summed E-state index contributed by atoms with van der Waals surface area (Å²) in [4.78, 5) is 4.42. The van der Waals surface area contributed by atoms with Crippen molar-refractivity contribution in [3.8, 4) is 5.75 Å². The van der Waals surface area contributed by atoms with E-state index in [4.69, 9.17) is 16.3 Å². The number of hydrogen-bond donors (Lipinski definition) is 1. The summed E-state index contributed by atoms with van der Waals surface area (Å²) in [5.41, 5.74) is 1.03. The molecule has 0 fully saturated rings. The molecule has 0 aliphatic rings. The zero-order chi connectivity index (χ0) is 13.8. The molecule has 5 heteroatoms. The van der Waals surface area contributed by atoms with Crippen LogP contribution in [0.3, 0.4) is 0 Å². The molecule has 0 amide bonds. The van der Waals surface area contributed by atoms with Gasteiger partial charge in [-0.25, -0.2) is 4.98 Å². The Morgan fingerprint density at radius 3 is 2.84 bits per heavy atom. The van der Waals surface area contributed by atoms with E-state index in [1.165, 1.54) is 0 Å². The average molecular weight is 280 g/mol. The Kier molecular flexibility index (Phi) is 4.45. The van der Waals surface area contributed by atoms with Crippen molar-refractivity contribution >= 4 is 11.6 Å². The number of nitrogens with one attached hydrogen (secondary N) is 1. The Morgan fingerprint density at radius 1 is 1.47 bits per heavy atom. The van der Waals surface area contributed by atoms with Crippen molar-refractivity contribution in [1.29, 1.82) is 0 Å². The number of rotatable bonds is 5. The fraction of sp³-hybridized carbons (Fsp3) is 0.357. The lowest BCUT2D eigenvalue weighted by molar-refractivity contribution is 0.402. The van der Waals surface area contributed by atoms with Crippen molar-refractivity contribution in [2.45, 2.75) is 13.0 Å². The predicted octanol–water partition coefficient (Wildman–Crippen LogP) is 2.78. The molecule has 4 nitrogen and oxygen atoms in total. The van der Waals surface area contributed by atoms with Gasteiger partial charge in [0.05, 0.1) is 13.2 Å². The van der Waals surface area contributed by atoms with Crippen molar-refractivity contribution in [2.75, 3.05) is 13.7 Å². The monoisotopic (exact) mass is 279 g/mol.